The van der Waals surface area contributed by atoms with E-state index in [1.54, 1.807) is 0 Å². The molecule has 0 bridgehead atoms. The van der Waals surface area contributed by atoms with Crippen molar-refractivity contribution in [2.24, 2.45) is 5.41 Å². The van der Waals surface area contributed by atoms with E-state index < -0.39 is 0 Å². The van der Waals surface area contributed by atoms with E-state index in [9.17, 15) is 0 Å². The zero-order chi connectivity index (χ0) is 15.1. The van der Waals surface area contributed by atoms with E-state index >= 15 is 0 Å². The number of nitrogens with one attached hydrogen (secondary N) is 1. The lowest BCUT2D eigenvalue weighted by Crippen LogP contribution is -2.44. The van der Waals surface area contributed by atoms with E-state index in [2.05, 4.69) is 54.2 Å². The molecule has 1 saturated heterocycles. The average molecular weight is 291 g/mol. The maximum absolute atomic E-state index is 5.69. The SMILES string of the molecule is CCNCC1(CN(CC)Cc2cccc(C)n2)CCOC1. The van der Waals surface area contributed by atoms with Crippen molar-refractivity contribution < 1.29 is 4.74 Å². The first kappa shape index (κ1) is 16.4. The maximum atomic E-state index is 5.69. The summed E-state index contributed by atoms with van der Waals surface area (Å²) in [6.07, 6.45) is 1.15. The van der Waals surface area contributed by atoms with Crippen LogP contribution in [-0.4, -0.2) is 49.3 Å². The second kappa shape index (κ2) is 7.87. The van der Waals surface area contributed by atoms with E-state index in [1.807, 2.05) is 0 Å². The summed E-state index contributed by atoms with van der Waals surface area (Å²) in [6.45, 7) is 13.3. The van der Waals surface area contributed by atoms with Crippen LogP contribution in [0.3, 0.4) is 0 Å². The highest BCUT2D eigenvalue weighted by atomic mass is 16.5. The van der Waals surface area contributed by atoms with Crippen LogP contribution in [-0.2, 0) is 11.3 Å². The summed E-state index contributed by atoms with van der Waals surface area (Å²) in [4.78, 5) is 7.13. The number of rotatable bonds is 8. The molecule has 1 aromatic rings. The van der Waals surface area contributed by atoms with Gasteiger partial charge < -0.3 is 10.1 Å². The Morgan fingerprint density at radius 2 is 2.24 bits per heavy atom. The second-order valence-corrected chi connectivity index (χ2v) is 6.16. The van der Waals surface area contributed by atoms with Crippen molar-refractivity contribution in [1.29, 1.82) is 0 Å². The highest BCUT2D eigenvalue weighted by Crippen LogP contribution is 2.29. The largest absolute Gasteiger partial charge is 0.381 e. The molecule has 0 saturated carbocycles. The number of nitrogens with zero attached hydrogens (tertiary/aromatic N) is 2. The van der Waals surface area contributed by atoms with Gasteiger partial charge in [-0.05, 0) is 38.6 Å². The molecular weight excluding hydrogens is 262 g/mol. The van der Waals surface area contributed by atoms with Gasteiger partial charge in [-0.1, -0.05) is 19.9 Å². The fourth-order valence-corrected chi connectivity index (χ4v) is 3.03. The van der Waals surface area contributed by atoms with Crippen molar-refractivity contribution in [3.63, 3.8) is 0 Å². The van der Waals surface area contributed by atoms with Crippen LogP contribution in [0.1, 0.15) is 31.7 Å². The Bertz CT molecular complexity index is 430. The summed E-state index contributed by atoms with van der Waals surface area (Å²) in [6, 6.07) is 6.27. The number of ether oxygens (including phenoxy) is 1. The lowest BCUT2D eigenvalue weighted by atomic mass is 9.86. The van der Waals surface area contributed by atoms with Gasteiger partial charge in [-0.3, -0.25) is 9.88 Å². The minimum absolute atomic E-state index is 0.260. The summed E-state index contributed by atoms with van der Waals surface area (Å²) in [7, 11) is 0. The van der Waals surface area contributed by atoms with Crippen molar-refractivity contribution in [2.45, 2.75) is 33.7 Å². The van der Waals surface area contributed by atoms with Gasteiger partial charge in [-0.15, -0.1) is 0 Å². The van der Waals surface area contributed by atoms with Crippen molar-refractivity contribution in [2.75, 3.05) is 39.4 Å². The molecule has 1 aliphatic rings. The summed E-state index contributed by atoms with van der Waals surface area (Å²) in [5.41, 5.74) is 2.51. The Morgan fingerprint density at radius 3 is 2.86 bits per heavy atom. The molecule has 1 aliphatic heterocycles. The fourth-order valence-electron chi connectivity index (χ4n) is 3.03. The molecule has 2 rings (SSSR count). The average Bonchev–Trinajstić information content (AvgIpc) is 2.93. The first-order valence-corrected chi connectivity index (χ1v) is 8.11. The van der Waals surface area contributed by atoms with Crippen LogP contribution in [0.15, 0.2) is 18.2 Å². The van der Waals surface area contributed by atoms with Crippen LogP contribution < -0.4 is 5.32 Å². The van der Waals surface area contributed by atoms with Gasteiger partial charge in [0.15, 0.2) is 0 Å². The molecule has 0 aromatic carbocycles. The number of aromatic nitrogens is 1. The molecule has 2 heterocycles. The Kier molecular flexibility index (Phi) is 6.15. The fraction of sp³-hybridized carbons (Fsp3) is 0.706. The van der Waals surface area contributed by atoms with Crippen molar-refractivity contribution in [1.82, 2.24) is 15.2 Å². The van der Waals surface area contributed by atoms with Crippen LogP contribution >= 0.6 is 0 Å². The maximum Gasteiger partial charge on any atom is 0.0547 e. The number of aryl methyl sites for hydroxylation is 1. The standard InChI is InChI=1S/C17H29N3O/c1-4-18-12-17(9-10-21-14-17)13-20(5-2)11-16-8-6-7-15(3)19-16/h6-8,18H,4-5,9-14H2,1-3H3. The van der Waals surface area contributed by atoms with Crippen molar-refractivity contribution >= 4 is 0 Å². The van der Waals surface area contributed by atoms with Crippen LogP contribution in [0, 0.1) is 12.3 Å². The van der Waals surface area contributed by atoms with E-state index in [0.717, 1.165) is 63.7 Å². The number of pyridine rings is 1. The normalized spacial score (nSPS) is 22.1. The molecule has 1 N–H and O–H groups in total. The van der Waals surface area contributed by atoms with Gasteiger partial charge in [0.2, 0.25) is 0 Å². The number of hydrogen-bond donors (Lipinski definition) is 1. The van der Waals surface area contributed by atoms with Gasteiger partial charge in [0.25, 0.3) is 0 Å². The summed E-state index contributed by atoms with van der Waals surface area (Å²) in [5.74, 6) is 0. The molecule has 1 aromatic heterocycles. The third-order valence-corrected chi connectivity index (χ3v) is 4.27. The number of hydrogen-bond acceptors (Lipinski definition) is 4. The van der Waals surface area contributed by atoms with Crippen molar-refractivity contribution in [3.05, 3.63) is 29.6 Å². The molecule has 0 radical (unpaired) electrons. The predicted molar refractivity (Wildman–Crippen MR) is 86.3 cm³/mol. The third kappa shape index (κ3) is 4.77. The zero-order valence-corrected chi connectivity index (χ0v) is 13.7. The topological polar surface area (TPSA) is 37.4 Å². The Balaban J connectivity index is 1.99. The van der Waals surface area contributed by atoms with Crippen molar-refractivity contribution in [3.8, 4) is 0 Å². The Hall–Kier alpha value is -0.970. The van der Waals surface area contributed by atoms with Gasteiger partial charge >= 0.3 is 0 Å². The molecular formula is C17H29N3O. The molecule has 21 heavy (non-hydrogen) atoms. The smallest absolute Gasteiger partial charge is 0.0547 e. The first-order chi connectivity index (χ1) is 10.2. The van der Waals surface area contributed by atoms with Crippen LogP contribution in [0.25, 0.3) is 0 Å². The summed E-state index contributed by atoms with van der Waals surface area (Å²) < 4.78 is 5.69. The Labute approximate surface area is 128 Å². The molecule has 1 fully saturated rings. The second-order valence-electron chi connectivity index (χ2n) is 6.16. The van der Waals surface area contributed by atoms with Crippen LogP contribution in [0.4, 0.5) is 0 Å². The van der Waals surface area contributed by atoms with Gasteiger partial charge in [-0.2, -0.15) is 0 Å². The molecule has 1 unspecified atom stereocenters. The van der Waals surface area contributed by atoms with Gasteiger partial charge in [0.1, 0.15) is 0 Å². The monoisotopic (exact) mass is 291 g/mol. The highest BCUT2D eigenvalue weighted by Gasteiger charge is 2.36. The van der Waals surface area contributed by atoms with Crippen LogP contribution in [0.5, 0.6) is 0 Å². The summed E-state index contributed by atoms with van der Waals surface area (Å²) in [5, 5.41) is 3.51. The minimum atomic E-state index is 0.260. The molecule has 0 spiro atoms. The molecule has 0 aliphatic carbocycles. The third-order valence-electron chi connectivity index (χ3n) is 4.27. The van der Waals surface area contributed by atoms with E-state index in [1.165, 1.54) is 0 Å². The Morgan fingerprint density at radius 1 is 1.38 bits per heavy atom. The van der Waals surface area contributed by atoms with E-state index in [-0.39, 0.29) is 5.41 Å². The molecule has 4 heteroatoms. The predicted octanol–water partition coefficient (Wildman–Crippen LogP) is 2.23. The molecule has 1 atom stereocenters. The van der Waals surface area contributed by atoms with E-state index in [0.29, 0.717) is 0 Å². The van der Waals surface area contributed by atoms with E-state index in [4.69, 9.17) is 4.74 Å². The lowest BCUT2D eigenvalue weighted by Gasteiger charge is -2.34. The first-order valence-electron chi connectivity index (χ1n) is 8.11. The summed E-state index contributed by atoms with van der Waals surface area (Å²) >= 11 is 0. The van der Waals surface area contributed by atoms with Gasteiger partial charge in [0, 0.05) is 37.4 Å². The lowest BCUT2D eigenvalue weighted by molar-refractivity contribution is 0.107. The van der Waals surface area contributed by atoms with Crippen LogP contribution in [0.2, 0.25) is 0 Å². The molecule has 4 nitrogen and oxygen atoms in total. The quantitative estimate of drug-likeness (QED) is 0.797. The highest BCUT2D eigenvalue weighted by molar-refractivity contribution is 5.10. The van der Waals surface area contributed by atoms with Gasteiger partial charge in [0.05, 0.1) is 12.3 Å². The molecule has 0 amide bonds. The van der Waals surface area contributed by atoms with Gasteiger partial charge in [-0.25, -0.2) is 0 Å². The molecule has 118 valence electrons. The zero-order valence-electron chi connectivity index (χ0n) is 13.7. The minimum Gasteiger partial charge on any atom is -0.381 e.